The molecule has 0 aromatic rings. The van der Waals surface area contributed by atoms with Gasteiger partial charge >= 0.3 is 5.97 Å². The number of carboxylic acid groups (broad SMARTS) is 1. The van der Waals surface area contributed by atoms with Crippen molar-refractivity contribution < 1.29 is 28.2 Å². The number of hydrogen-bond donors (Lipinski definition) is 3. The molecule has 0 saturated carbocycles. The summed E-state index contributed by atoms with van der Waals surface area (Å²) in [7, 11) is 0. The van der Waals surface area contributed by atoms with Crippen LogP contribution in [0.15, 0.2) is 23.5 Å². The molecule has 1 saturated heterocycles. The average molecular weight is 381 g/mol. The lowest BCUT2D eigenvalue weighted by Crippen LogP contribution is -2.54. The van der Waals surface area contributed by atoms with Crippen molar-refractivity contribution >= 4 is 23.8 Å². The molecular formula is C18H21F2N3O4. The highest BCUT2D eigenvalue weighted by Crippen LogP contribution is 2.54. The van der Waals surface area contributed by atoms with Crippen LogP contribution in [0.3, 0.4) is 0 Å². The summed E-state index contributed by atoms with van der Waals surface area (Å²) in [4.78, 5) is 25.6. The summed E-state index contributed by atoms with van der Waals surface area (Å²) in [6.45, 7) is 2.65. The number of nitrogens with one attached hydrogen (secondary N) is 2. The molecule has 3 aliphatic rings. The topological polar surface area (TPSA) is 115 Å². The zero-order valence-corrected chi connectivity index (χ0v) is 15.0. The Balaban J connectivity index is 1.87. The van der Waals surface area contributed by atoms with Crippen molar-refractivity contribution in [2.45, 2.75) is 32.7 Å². The molecule has 146 valence electrons. The monoisotopic (exact) mass is 381 g/mol. The second-order valence-electron chi connectivity index (χ2n) is 7.37. The van der Waals surface area contributed by atoms with Crippen LogP contribution in [0, 0.1) is 27.6 Å². The molecule has 9 heteroatoms. The second-order valence-corrected chi connectivity index (χ2v) is 7.37. The maximum atomic E-state index is 12.8. The van der Waals surface area contributed by atoms with Crippen LogP contribution in [0.4, 0.5) is 8.78 Å². The minimum absolute atomic E-state index is 0.00998. The van der Waals surface area contributed by atoms with Crippen LogP contribution in [0.1, 0.15) is 20.3 Å². The Morgan fingerprint density at radius 3 is 2.67 bits per heavy atom. The summed E-state index contributed by atoms with van der Waals surface area (Å²) in [5, 5.41) is 25.0. The molecule has 0 spiro atoms. The minimum Gasteiger partial charge on any atom is -0.491 e. The van der Waals surface area contributed by atoms with Gasteiger partial charge in [0.05, 0.1) is 16.7 Å². The predicted octanol–water partition coefficient (Wildman–Crippen LogP) is 2.09. The summed E-state index contributed by atoms with van der Waals surface area (Å²) < 4.78 is 30.4. The van der Waals surface area contributed by atoms with E-state index >= 15 is 0 Å². The molecule has 1 heterocycles. The van der Waals surface area contributed by atoms with E-state index in [1.807, 2.05) is 0 Å². The van der Waals surface area contributed by atoms with Crippen molar-refractivity contribution in [2.75, 3.05) is 13.2 Å². The molecule has 0 radical (unpaired) electrons. The molecule has 0 aromatic heterocycles. The van der Waals surface area contributed by atoms with Crippen LogP contribution in [-0.4, -0.2) is 59.4 Å². The Morgan fingerprint density at radius 1 is 1.56 bits per heavy atom. The predicted molar refractivity (Wildman–Crippen MR) is 92.1 cm³/mol. The SMILES string of the molecule is CC1=C(OCC(F)F)[C@@](C=N)(C(C)N2CC3(C(=N)C(=O)O)C=CC3C2=O)C1. The fourth-order valence-corrected chi connectivity index (χ4v) is 4.41. The molecule has 7 nitrogen and oxygen atoms in total. The first kappa shape index (κ1) is 19.2. The molecule has 3 unspecified atom stereocenters. The highest BCUT2D eigenvalue weighted by atomic mass is 19.3. The Bertz CT molecular complexity index is 793. The van der Waals surface area contributed by atoms with Gasteiger partial charge in [-0.3, -0.25) is 10.2 Å². The van der Waals surface area contributed by atoms with Crippen LogP contribution >= 0.6 is 0 Å². The number of rotatable bonds is 8. The smallest absolute Gasteiger partial charge is 0.350 e. The third-order valence-corrected chi connectivity index (χ3v) is 5.99. The maximum absolute atomic E-state index is 12.8. The van der Waals surface area contributed by atoms with Gasteiger partial charge in [-0.25, -0.2) is 13.6 Å². The molecule has 0 aromatic carbocycles. The maximum Gasteiger partial charge on any atom is 0.350 e. The standard InChI is InChI=1S/C18H21F2N3O4/c1-9-5-18(7-21,14(9)27-6-12(19)20)10(2)23-8-17(13(22)16(25)26)4-3-11(17)15(23)24/h3-4,7,10-12,21-22H,5-6,8H2,1-2H3,(H,25,26)/t10?,11?,17?,18-/m0/s1. The van der Waals surface area contributed by atoms with Crippen LogP contribution in [-0.2, 0) is 14.3 Å². The number of likely N-dealkylation sites (tertiary alicyclic amines) is 1. The summed E-state index contributed by atoms with van der Waals surface area (Å²) >= 11 is 0. The quantitative estimate of drug-likeness (QED) is 0.441. The number of nitrogens with zero attached hydrogens (tertiary/aromatic N) is 1. The number of carbonyl (C=O) groups excluding carboxylic acids is 1. The minimum atomic E-state index is -2.66. The van der Waals surface area contributed by atoms with Gasteiger partial charge in [0, 0.05) is 18.8 Å². The number of carbonyl (C=O) groups is 2. The van der Waals surface area contributed by atoms with Gasteiger partial charge in [0.25, 0.3) is 6.43 Å². The number of allylic oxidation sites excluding steroid dienone is 1. The highest BCUT2D eigenvalue weighted by molar-refractivity contribution is 6.38. The lowest BCUT2D eigenvalue weighted by atomic mass is 9.65. The number of alkyl halides is 2. The molecule has 3 N–H and O–H groups in total. The van der Waals surface area contributed by atoms with Crippen molar-refractivity contribution in [1.29, 1.82) is 10.8 Å². The van der Waals surface area contributed by atoms with Gasteiger partial charge in [-0.2, -0.15) is 0 Å². The van der Waals surface area contributed by atoms with Crippen molar-refractivity contribution in [3.63, 3.8) is 0 Å². The summed E-state index contributed by atoms with van der Waals surface area (Å²) in [6.07, 6.45) is 1.99. The van der Waals surface area contributed by atoms with Gasteiger partial charge in [0.15, 0.2) is 0 Å². The molecular weight excluding hydrogens is 360 g/mol. The molecule has 2 aliphatic carbocycles. The molecule has 1 fully saturated rings. The van der Waals surface area contributed by atoms with Gasteiger partial charge in [-0.15, -0.1) is 0 Å². The number of halogens is 2. The van der Waals surface area contributed by atoms with E-state index < -0.39 is 47.5 Å². The van der Waals surface area contributed by atoms with E-state index in [-0.39, 0.29) is 18.2 Å². The Labute approximate surface area is 154 Å². The zero-order valence-electron chi connectivity index (χ0n) is 15.0. The molecule has 1 aliphatic heterocycles. The third kappa shape index (κ3) is 2.51. The van der Waals surface area contributed by atoms with E-state index in [2.05, 4.69) is 0 Å². The van der Waals surface area contributed by atoms with Crippen LogP contribution in [0.25, 0.3) is 0 Å². The normalized spacial score (nSPS) is 32.7. The molecule has 3 rings (SSSR count). The second kappa shape index (κ2) is 6.24. The van der Waals surface area contributed by atoms with Crippen LogP contribution in [0.5, 0.6) is 0 Å². The fraction of sp³-hybridized carbons (Fsp3) is 0.556. The van der Waals surface area contributed by atoms with Crippen molar-refractivity contribution in [3.8, 4) is 0 Å². The van der Waals surface area contributed by atoms with Crippen molar-refractivity contribution in [1.82, 2.24) is 4.90 Å². The van der Waals surface area contributed by atoms with Crippen molar-refractivity contribution in [2.24, 2.45) is 16.7 Å². The van der Waals surface area contributed by atoms with Crippen LogP contribution < -0.4 is 0 Å². The van der Waals surface area contributed by atoms with Gasteiger partial charge in [0.2, 0.25) is 5.91 Å². The number of amides is 1. The Morgan fingerprint density at radius 2 is 2.22 bits per heavy atom. The largest absolute Gasteiger partial charge is 0.491 e. The van der Waals surface area contributed by atoms with Gasteiger partial charge in [-0.05, 0) is 25.8 Å². The zero-order chi connectivity index (χ0) is 20.1. The first-order chi connectivity index (χ1) is 12.6. The van der Waals surface area contributed by atoms with E-state index in [9.17, 15) is 23.5 Å². The van der Waals surface area contributed by atoms with Gasteiger partial charge < -0.3 is 20.2 Å². The first-order valence-electron chi connectivity index (χ1n) is 8.55. The summed E-state index contributed by atoms with van der Waals surface area (Å²) in [5.74, 6) is -2.15. The van der Waals surface area contributed by atoms with Gasteiger partial charge in [-0.1, -0.05) is 12.2 Å². The summed E-state index contributed by atoms with van der Waals surface area (Å²) in [6, 6.07) is -0.593. The first-order valence-corrected chi connectivity index (χ1v) is 8.55. The molecule has 1 amide bonds. The average Bonchev–Trinajstić information content (AvgIpc) is 2.76. The van der Waals surface area contributed by atoms with E-state index in [0.29, 0.717) is 6.42 Å². The third-order valence-electron chi connectivity index (χ3n) is 5.99. The molecule has 27 heavy (non-hydrogen) atoms. The number of fused-ring (bicyclic) bond motifs is 1. The number of ether oxygens (including phenoxy) is 1. The van der Waals surface area contributed by atoms with E-state index in [4.69, 9.17) is 15.6 Å². The van der Waals surface area contributed by atoms with E-state index in [1.165, 1.54) is 4.90 Å². The van der Waals surface area contributed by atoms with Gasteiger partial charge in [0.1, 0.15) is 18.1 Å². The molecule has 4 atom stereocenters. The fourth-order valence-electron chi connectivity index (χ4n) is 4.41. The lowest BCUT2D eigenvalue weighted by Gasteiger charge is -2.48. The van der Waals surface area contributed by atoms with E-state index in [0.717, 1.165) is 11.8 Å². The van der Waals surface area contributed by atoms with Crippen molar-refractivity contribution in [3.05, 3.63) is 23.5 Å². The lowest BCUT2D eigenvalue weighted by molar-refractivity contribution is -0.133. The van der Waals surface area contributed by atoms with Crippen LogP contribution in [0.2, 0.25) is 0 Å². The number of carboxylic acids is 1. The Kier molecular flexibility index (Phi) is 4.44. The van der Waals surface area contributed by atoms with E-state index in [1.54, 1.807) is 26.0 Å². The number of hydrogen-bond acceptors (Lipinski definition) is 5. The highest BCUT2D eigenvalue weighted by Gasteiger charge is 2.62. The molecule has 0 bridgehead atoms. The summed E-state index contributed by atoms with van der Waals surface area (Å²) in [5.41, 5.74) is -2.00. The Hall–Kier alpha value is -2.58. The number of aliphatic carboxylic acids is 1.